The third-order valence-corrected chi connectivity index (χ3v) is 6.68. The molecule has 0 spiro atoms. The van der Waals surface area contributed by atoms with Crippen molar-refractivity contribution in [1.29, 1.82) is 0 Å². The van der Waals surface area contributed by atoms with Crippen LogP contribution in [0.25, 0.3) is 0 Å². The Morgan fingerprint density at radius 2 is 1.67 bits per heavy atom. The van der Waals surface area contributed by atoms with E-state index in [0.29, 0.717) is 10.8 Å². The van der Waals surface area contributed by atoms with E-state index in [1.807, 2.05) is 0 Å². The van der Waals surface area contributed by atoms with Crippen LogP contribution in [0.1, 0.15) is 59.8 Å². The van der Waals surface area contributed by atoms with Gasteiger partial charge in [-0.25, -0.2) is 0 Å². The molecule has 86 valence electrons. The molecule has 15 heavy (non-hydrogen) atoms. The monoisotopic (exact) mass is 206 g/mol. The highest BCUT2D eigenvalue weighted by Gasteiger charge is 2.69. The van der Waals surface area contributed by atoms with Gasteiger partial charge in [-0.2, -0.15) is 0 Å². The summed E-state index contributed by atoms with van der Waals surface area (Å²) in [5.41, 5.74) is 1.37. The van der Waals surface area contributed by atoms with Crippen LogP contribution in [0.4, 0.5) is 0 Å². The fourth-order valence-corrected chi connectivity index (χ4v) is 5.61. The van der Waals surface area contributed by atoms with Crippen LogP contribution in [0.3, 0.4) is 0 Å². The first-order chi connectivity index (χ1) is 6.99. The van der Waals surface area contributed by atoms with Crippen molar-refractivity contribution < 1.29 is 0 Å². The van der Waals surface area contributed by atoms with Gasteiger partial charge in [0, 0.05) is 0 Å². The molecular weight excluding hydrogens is 180 g/mol. The Balaban J connectivity index is 1.95. The number of rotatable bonds is 0. The SMILES string of the molecule is C[C@H]1CCC[C@H]2CC[C@H]3[C@H](C3(C)C)[C@@]21C. The quantitative estimate of drug-likeness (QED) is 0.547. The fourth-order valence-electron chi connectivity index (χ4n) is 5.61. The predicted octanol–water partition coefficient (Wildman–Crippen LogP) is 4.49. The summed E-state index contributed by atoms with van der Waals surface area (Å²) in [6, 6.07) is 0. The lowest BCUT2D eigenvalue weighted by atomic mass is 9.55. The molecule has 0 heteroatoms. The maximum atomic E-state index is 2.63. The van der Waals surface area contributed by atoms with E-state index < -0.39 is 0 Å². The molecule has 3 aliphatic rings. The van der Waals surface area contributed by atoms with Crippen molar-refractivity contribution in [3.05, 3.63) is 0 Å². The average Bonchev–Trinajstić information content (AvgIpc) is 2.73. The maximum Gasteiger partial charge on any atom is -0.0236 e. The zero-order valence-corrected chi connectivity index (χ0v) is 10.8. The molecule has 3 saturated carbocycles. The Morgan fingerprint density at radius 1 is 0.933 bits per heavy atom. The third-order valence-electron chi connectivity index (χ3n) is 6.68. The van der Waals surface area contributed by atoms with Crippen LogP contribution in [-0.4, -0.2) is 0 Å². The lowest BCUT2D eigenvalue weighted by molar-refractivity contribution is -0.00877. The summed E-state index contributed by atoms with van der Waals surface area (Å²) >= 11 is 0. The first-order valence-corrected chi connectivity index (χ1v) is 6.99. The second-order valence-corrected chi connectivity index (χ2v) is 7.38. The summed E-state index contributed by atoms with van der Waals surface area (Å²) in [6.45, 7) is 10.2. The summed E-state index contributed by atoms with van der Waals surface area (Å²) in [5, 5.41) is 0. The summed E-state index contributed by atoms with van der Waals surface area (Å²) < 4.78 is 0. The smallest absolute Gasteiger partial charge is 0.0236 e. The number of fused-ring (bicyclic) bond motifs is 3. The molecular formula is C15H26. The topological polar surface area (TPSA) is 0 Å². The van der Waals surface area contributed by atoms with Gasteiger partial charge in [0.15, 0.2) is 0 Å². The highest BCUT2D eigenvalue weighted by Crippen LogP contribution is 2.75. The van der Waals surface area contributed by atoms with Crippen LogP contribution in [0.15, 0.2) is 0 Å². The summed E-state index contributed by atoms with van der Waals surface area (Å²) in [4.78, 5) is 0. The highest BCUT2D eigenvalue weighted by atomic mass is 14.7. The van der Waals surface area contributed by atoms with Crippen molar-refractivity contribution >= 4 is 0 Å². The molecule has 0 unspecified atom stereocenters. The van der Waals surface area contributed by atoms with E-state index in [9.17, 15) is 0 Å². The van der Waals surface area contributed by atoms with Crippen LogP contribution >= 0.6 is 0 Å². The van der Waals surface area contributed by atoms with Gasteiger partial charge in [0.25, 0.3) is 0 Å². The van der Waals surface area contributed by atoms with Crippen molar-refractivity contribution in [3.63, 3.8) is 0 Å². The number of hydrogen-bond acceptors (Lipinski definition) is 0. The van der Waals surface area contributed by atoms with E-state index in [1.165, 1.54) is 32.1 Å². The molecule has 0 radical (unpaired) electrons. The van der Waals surface area contributed by atoms with E-state index in [1.54, 1.807) is 0 Å². The van der Waals surface area contributed by atoms with E-state index in [0.717, 1.165) is 23.7 Å². The second-order valence-electron chi connectivity index (χ2n) is 7.38. The molecule has 0 bridgehead atoms. The Hall–Kier alpha value is 0. The molecule has 0 heterocycles. The molecule has 0 N–H and O–H groups in total. The van der Waals surface area contributed by atoms with Gasteiger partial charge in [-0.15, -0.1) is 0 Å². The van der Waals surface area contributed by atoms with Gasteiger partial charge >= 0.3 is 0 Å². The van der Waals surface area contributed by atoms with Gasteiger partial charge in [0.2, 0.25) is 0 Å². The standard InChI is InChI=1S/C15H26/c1-10-6-5-7-11-8-9-12-13(14(12,2)3)15(10,11)4/h10-13H,5-9H2,1-4H3/t10-,11-,12-,13+,15+/m0/s1. The molecule has 0 saturated heterocycles. The van der Waals surface area contributed by atoms with E-state index >= 15 is 0 Å². The summed E-state index contributed by atoms with van der Waals surface area (Å²) in [6.07, 6.45) is 7.59. The fraction of sp³-hybridized carbons (Fsp3) is 1.00. The first kappa shape index (κ1) is 10.2. The van der Waals surface area contributed by atoms with E-state index in [-0.39, 0.29) is 0 Å². The lowest BCUT2D eigenvalue weighted by Crippen LogP contribution is -2.42. The Labute approximate surface area is 94.8 Å². The summed E-state index contributed by atoms with van der Waals surface area (Å²) in [5.74, 6) is 4.16. The molecule has 3 aliphatic carbocycles. The van der Waals surface area contributed by atoms with E-state index in [4.69, 9.17) is 0 Å². The minimum absolute atomic E-state index is 0.676. The van der Waals surface area contributed by atoms with Crippen LogP contribution < -0.4 is 0 Å². The van der Waals surface area contributed by atoms with Gasteiger partial charge in [-0.3, -0.25) is 0 Å². The maximum absolute atomic E-state index is 2.63. The van der Waals surface area contributed by atoms with Gasteiger partial charge in [-0.05, 0) is 53.8 Å². The molecule has 3 fully saturated rings. The van der Waals surface area contributed by atoms with Crippen molar-refractivity contribution in [1.82, 2.24) is 0 Å². The highest BCUT2D eigenvalue weighted by molar-refractivity contribution is 5.17. The molecule has 3 rings (SSSR count). The van der Waals surface area contributed by atoms with Crippen molar-refractivity contribution in [2.24, 2.45) is 34.5 Å². The first-order valence-electron chi connectivity index (χ1n) is 6.99. The average molecular weight is 206 g/mol. The largest absolute Gasteiger partial charge is 0.0620 e. The van der Waals surface area contributed by atoms with Crippen molar-refractivity contribution in [2.45, 2.75) is 59.8 Å². The van der Waals surface area contributed by atoms with Crippen molar-refractivity contribution in [2.75, 3.05) is 0 Å². The molecule has 0 aliphatic heterocycles. The second kappa shape index (κ2) is 2.81. The van der Waals surface area contributed by atoms with E-state index in [2.05, 4.69) is 27.7 Å². The predicted molar refractivity (Wildman–Crippen MR) is 64.6 cm³/mol. The van der Waals surface area contributed by atoms with Crippen LogP contribution in [0, 0.1) is 34.5 Å². The molecule has 0 aromatic carbocycles. The van der Waals surface area contributed by atoms with Crippen molar-refractivity contribution in [3.8, 4) is 0 Å². The van der Waals surface area contributed by atoms with Gasteiger partial charge < -0.3 is 0 Å². The zero-order chi connectivity index (χ0) is 10.8. The Bertz CT molecular complexity index is 278. The molecule has 0 nitrogen and oxygen atoms in total. The van der Waals surface area contributed by atoms with Crippen LogP contribution in [0.2, 0.25) is 0 Å². The minimum Gasteiger partial charge on any atom is -0.0620 e. The minimum atomic E-state index is 0.676. The number of hydrogen-bond donors (Lipinski definition) is 0. The normalized spacial score (nSPS) is 56.8. The summed E-state index contributed by atoms with van der Waals surface area (Å²) in [7, 11) is 0. The van der Waals surface area contributed by atoms with Gasteiger partial charge in [-0.1, -0.05) is 40.5 Å². The Kier molecular flexibility index (Phi) is 1.91. The van der Waals surface area contributed by atoms with Gasteiger partial charge in [0.05, 0.1) is 0 Å². The molecule has 5 atom stereocenters. The lowest BCUT2D eigenvalue weighted by Gasteiger charge is -2.50. The van der Waals surface area contributed by atoms with Crippen LogP contribution in [0.5, 0.6) is 0 Å². The zero-order valence-electron chi connectivity index (χ0n) is 10.8. The van der Waals surface area contributed by atoms with Gasteiger partial charge in [0.1, 0.15) is 0 Å². The molecule has 0 amide bonds. The molecule has 0 aromatic rings. The third kappa shape index (κ3) is 1.09. The Morgan fingerprint density at radius 3 is 2.40 bits per heavy atom. The molecule has 0 aromatic heterocycles. The van der Waals surface area contributed by atoms with Crippen LogP contribution in [-0.2, 0) is 0 Å².